The van der Waals surface area contributed by atoms with Gasteiger partial charge in [0, 0.05) is 16.6 Å². The third-order valence-electron chi connectivity index (χ3n) is 4.89. The van der Waals surface area contributed by atoms with E-state index in [0.717, 1.165) is 30.0 Å². The van der Waals surface area contributed by atoms with Crippen LogP contribution in [0.3, 0.4) is 0 Å². The molecule has 2 aromatic rings. The molecule has 29 heavy (non-hydrogen) atoms. The van der Waals surface area contributed by atoms with Crippen LogP contribution in [-0.4, -0.2) is 29.7 Å². The Kier molecular flexibility index (Phi) is 6.59. The molecule has 1 amide bonds. The highest BCUT2D eigenvalue weighted by atomic mass is 32.1. The molecule has 1 atom stereocenters. The summed E-state index contributed by atoms with van der Waals surface area (Å²) in [6.45, 7) is 1.08. The average molecular weight is 426 g/mol. The molecule has 156 valence electrons. The van der Waals surface area contributed by atoms with E-state index in [1.807, 2.05) is 18.2 Å². The van der Waals surface area contributed by atoms with Gasteiger partial charge in [0.15, 0.2) is 0 Å². The molecule has 1 aliphatic carbocycles. The lowest BCUT2D eigenvalue weighted by Crippen LogP contribution is -2.21. The van der Waals surface area contributed by atoms with Crippen molar-refractivity contribution in [1.82, 2.24) is 5.32 Å². The highest BCUT2D eigenvalue weighted by molar-refractivity contribution is 7.14. The summed E-state index contributed by atoms with van der Waals surface area (Å²) in [5.41, 5.74) is 3.71. The van der Waals surface area contributed by atoms with Crippen LogP contribution in [-0.2, 0) is 17.6 Å². The van der Waals surface area contributed by atoms with Crippen LogP contribution < -0.4 is 10.6 Å². The Morgan fingerprint density at radius 1 is 1.14 bits per heavy atom. The van der Waals surface area contributed by atoms with E-state index in [2.05, 4.69) is 22.8 Å². The van der Waals surface area contributed by atoms with Crippen molar-refractivity contribution in [3.8, 4) is 0 Å². The minimum absolute atomic E-state index is 0.0227. The van der Waals surface area contributed by atoms with E-state index in [1.54, 1.807) is 11.3 Å². The maximum atomic E-state index is 12.5. The van der Waals surface area contributed by atoms with Crippen molar-refractivity contribution < 1.29 is 27.9 Å². The smallest absolute Gasteiger partial charge is 0.475 e. The number of anilines is 1. The average Bonchev–Trinajstić information content (AvgIpc) is 3.41. The summed E-state index contributed by atoms with van der Waals surface area (Å²) in [5.74, 6) is -2.73. The van der Waals surface area contributed by atoms with E-state index in [4.69, 9.17) is 9.90 Å². The Morgan fingerprint density at radius 3 is 2.55 bits per heavy atom. The SMILES string of the molecule is O=C(Nc1cccc2c1CCC2)c1ccc(C2CCCN2)s1.O=C(O)C(F)(F)F. The van der Waals surface area contributed by atoms with E-state index in [1.165, 1.54) is 35.3 Å². The number of amides is 1. The standard InChI is InChI=1S/C18H20N2OS.C2HF3O2/c21-18(17-10-9-16(22-17)15-8-3-11-19-15)20-14-7-2-5-12-4-1-6-13(12)14;3-2(4,5)1(6)7/h2,5,7,9-10,15,19H,1,3-4,6,8,11H2,(H,20,21);(H,6,7). The van der Waals surface area contributed by atoms with Crippen LogP contribution >= 0.6 is 11.3 Å². The first-order valence-electron chi connectivity index (χ1n) is 9.31. The number of carboxylic acids is 1. The molecule has 2 aliphatic rings. The van der Waals surface area contributed by atoms with Gasteiger partial charge >= 0.3 is 12.1 Å². The number of carbonyl (C=O) groups is 2. The summed E-state index contributed by atoms with van der Waals surface area (Å²) in [5, 5.41) is 13.7. The first-order valence-corrected chi connectivity index (χ1v) is 10.1. The van der Waals surface area contributed by atoms with Crippen LogP contribution in [0.15, 0.2) is 30.3 Å². The normalized spacial score (nSPS) is 18.0. The van der Waals surface area contributed by atoms with Crippen molar-refractivity contribution in [2.24, 2.45) is 0 Å². The number of thiophene rings is 1. The summed E-state index contributed by atoms with van der Waals surface area (Å²) in [4.78, 5) is 23.5. The number of benzene rings is 1. The zero-order valence-corrected chi connectivity index (χ0v) is 16.3. The summed E-state index contributed by atoms with van der Waals surface area (Å²) in [7, 11) is 0. The molecule has 2 heterocycles. The minimum atomic E-state index is -5.08. The van der Waals surface area contributed by atoms with E-state index >= 15 is 0 Å². The number of hydrogen-bond donors (Lipinski definition) is 3. The molecular formula is C20H21F3N2O3S. The summed E-state index contributed by atoms with van der Waals surface area (Å²) < 4.78 is 31.7. The monoisotopic (exact) mass is 426 g/mol. The molecular weight excluding hydrogens is 405 g/mol. The largest absolute Gasteiger partial charge is 0.490 e. The molecule has 9 heteroatoms. The van der Waals surface area contributed by atoms with Crippen molar-refractivity contribution in [3.05, 3.63) is 51.2 Å². The zero-order chi connectivity index (χ0) is 21.0. The fourth-order valence-electron chi connectivity index (χ4n) is 3.51. The molecule has 1 aliphatic heterocycles. The molecule has 0 bridgehead atoms. The Hall–Kier alpha value is -2.39. The maximum absolute atomic E-state index is 12.5. The summed E-state index contributed by atoms with van der Waals surface area (Å²) >= 11 is 1.62. The predicted octanol–water partition coefficient (Wildman–Crippen LogP) is 4.55. The number of hydrogen-bond acceptors (Lipinski definition) is 4. The van der Waals surface area contributed by atoms with Gasteiger partial charge in [0.25, 0.3) is 5.91 Å². The Balaban J connectivity index is 0.000000298. The van der Waals surface area contributed by atoms with Crippen molar-refractivity contribution in [2.45, 2.75) is 44.3 Å². The second-order valence-corrected chi connectivity index (χ2v) is 8.02. The lowest BCUT2D eigenvalue weighted by molar-refractivity contribution is -0.192. The topological polar surface area (TPSA) is 78.4 Å². The van der Waals surface area contributed by atoms with E-state index in [0.29, 0.717) is 6.04 Å². The number of alkyl halides is 3. The first-order chi connectivity index (χ1) is 13.8. The van der Waals surface area contributed by atoms with Gasteiger partial charge < -0.3 is 15.7 Å². The van der Waals surface area contributed by atoms with Crippen molar-refractivity contribution in [2.75, 3.05) is 11.9 Å². The van der Waals surface area contributed by atoms with Gasteiger partial charge in [-0.05, 0) is 68.0 Å². The van der Waals surface area contributed by atoms with Crippen molar-refractivity contribution in [1.29, 1.82) is 0 Å². The molecule has 0 spiro atoms. The predicted molar refractivity (Wildman–Crippen MR) is 104 cm³/mol. The van der Waals surface area contributed by atoms with Gasteiger partial charge in [-0.3, -0.25) is 4.79 Å². The first kappa shape index (κ1) is 21.3. The number of halogens is 3. The van der Waals surface area contributed by atoms with Crippen LogP contribution in [0.1, 0.15) is 51.0 Å². The second kappa shape index (κ2) is 8.96. The van der Waals surface area contributed by atoms with Crippen molar-refractivity contribution in [3.63, 3.8) is 0 Å². The number of rotatable bonds is 3. The van der Waals surface area contributed by atoms with Gasteiger partial charge in [0.1, 0.15) is 0 Å². The Labute approximate surface area is 169 Å². The number of aliphatic carboxylic acids is 1. The van der Waals surface area contributed by atoms with Crippen molar-refractivity contribution >= 4 is 28.9 Å². The van der Waals surface area contributed by atoms with Crippen LogP contribution in [0, 0.1) is 0 Å². The Morgan fingerprint density at radius 2 is 1.90 bits per heavy atom. The van der Waals surface area contributed by atoms with Gasteiger partial charge in [-0.1, -0.05) is 12.1 Å². The molecule has 1 unspecified atom stereocenters. The van der Waals surface area contributed by atoms with Gasteiger partial charge in [-0.2, -0.15) is 13.2 Å². The second-order valence-electron chi connectivity index (χ2n) is 6.90. The van der Waals surface area contributed by atoms with E-state index in [-0.39, 0.29) is 5.91 Å². The van der Waals surface area contributed by atoms with Crippen LogP contribution in [0.25, 0.3) is 0 Å². The molecule has 5 nitrogen and oxygen atoms in total. The number of carboxylic acid groups (broad SMARTS) is 1. The minimum Gasteiger partial charge on any atom is -0.475 e. The molecule has 1 aromatic carbocycles. The molecule has 0 radical (unpaired) electrons. The lowest BCUT2D eigenvalue weighted by atomic mass is 10.1. The van der Waals surface area contributed by atoms with Crippen LogP contribution in [0.4, 0.5) is 18.9 Å². The highest BCUT2D eigenvalue weighted by Crippen LogP contribution is 2.31. The molecule has 1 fully saturated rings. The molecule has 1 aromatic heterocycles. The van der Waals surface area contributed by atoms with E-state index < -0.39 is 12.1 Å². The third-order valence-corrected chi connectivity index (χ3v) is 6.09. The fourth-order valence-corrected chi connectivity index (χ4v) is 4.52. The lowest BCUT2D eigenvalue weighted by Gasteiger charge is -2.09. The maximum Gasteiger partial charge on any atom is 0.490 e. The number of nitrogens with one attached hydrogen (secondary N) is 2. The summed E-state index contributed by atoms with van der Waals surface area (Å²) in [6, 6.07) is 10.7. The molecule has 1 saturated heterocycles. The zero-order valence-electron chi connectivity index (χ0n) is 15.5. The van der Waals surface area contributed by atoms with Gasteiger partial charge in [-0.15, -0.1) is 11.3 Å². The summed E-state index contributed by atoms with van der Waals surface area (Å²) in [6.07, 6.45) is 0.718. The fraction of sp³-hybridized carbons (Fsp3) is 0.400. The highest BCUT2D eigenvalue weighted by Gasteiger charge is 2.38. The van der Waals surface area contributed by atoms with E-state index in [9.17, 15) is 18.0 Å². The van der Waals surface area contributed by atoms with Gasteiger partial charge in [0.05, 0.1) is 4.88 Å². The molecule has 0 saturated carbocycles. The van der Waals surface area contributed by atoms with Crippen LogP contribution in [0.2, 0.25) is 0 Å². The molecule has 3 N–H and O–H groups in total. The quantitative estimate of drug-likeness (QED) is 0.673. The Bertz CT molecular complexity index is 889. The number of fused-ring (bicyclic) bond motifs is 1. The van der Waals surface area contributed by atoms with Gasteiger partial charge in [0.2, 0.25) is 0 Å². The third kappa shape index (κ3) is 5.36. The number of aryl methyl sites for hydroxylation is 1. The number of carbonyl (C=O) groups excluding carboxylic acids is 1. The van der Waals surface area contributed by atoms with Crippen LogP contribution in [0.5, 0.6) is 0 Å². The van der Waals surface area contributed by atoms with Gasteiger partial charge in [-0.25, -0.2) is 4.79 Å². The molecule has 4 rings (SSSR count).